The quantitative estimate of drug-likeness (QED) is 0.609. The molecule has 1 atom stereocenters. The van der Waals surface area contributed by atoms with Crippen molar-refractivity contribution in [3.63, 3.8) is 0 Å². The highest BCUT2D eigenvalue weighted by atomic mass is 35.5. The molecule has 1 aromatic heterocycles. The molecule has 19 heavy (non-hydrogen) atoms. The second-order valence-electron chi connectivity index (χ2n) is 4.25. The van der Waals surface area contributed by atoms with Crippen molar-refractivity contribution in [1.82, 2.24) is 5.43 Å². The van der Waals surface area contributed by atoms with Crippen LogP contribution in [0, 0.1) is 0 Å². The van der Waals surface area contributed by atoms with Crippen LogP contribution >= 0.6 is 22.9 Å². The van der Waals surface area contributed by atoms with Crippen molar-refractivity contribution in [3.05, 3.63) is 51.7 Å². The number of halogens is 1. The first-order chi connectivity index (χ1) is 9.28. The van der Waals surface area contributed by atoms with Crippen molar-refractivity contribution < 1.29 is 4.74 Å². The number of thiophene rings is 1. The average Bonchev–Trinajstić information content (AvgIpc) is 2.94. The number of aryl methyl sites for hydroxylation is 1. The lowest BCUT2D eigenvalue weighted by Crippen LogP contribution is -2.39. The van der Waals surface area contributed by atoms with Crippen LogP contribution in [0.3, 0.4) is 0 Å². The maximum Gasteiger partial charge on any atom is 0.119 e. The molecular formula is C14H17ClN2OS. The van der Waals surface area contributed by atoms with E-state index in [9.17, 15) is 0 Å². The lowest BCUT2D eigenvalue weighted by Gasteiger charge is -2.16. The molecule has 3 N–H and O–H groups in total. The van der Waals surface area contributed by atoms with Crippen molar-refractivity contribution in [2.45, 2.75) is 18.9 Å². The summed E-state index contributed by atoms with van der Waals surface area (Å²) >= 11 is 7.59. The topological polar surface area (TPSA) is 47.3 Å². The second-order valence-corrected chi connectivity index (χ2v) is 5.72. The predicted octanol–water partition coefficient (Wildman–Crippen LogP) is 3.25. The minimum atomic E-state index is 0.137. The molecule has 1 heterocycles. The molecule has 0 bridgehead atoms. The molecule has 2 aromatic rings. The second kappa shape index (κ2) is 7.50. The van der Waals surface area contributed by atoms with Gasteiger partial charge < -0.3 is 4.74 Å². The van der Waals surface area contributed by atoms with E-state index in [1.54, 1.807) is 11.3 Å². The van der Waals surface area contributed by atoms with E-state index in [0.29, 0.717) is 11.6 Å². The number of hydrogen-bond acceptors (Lipinski definition) is 4. The number of rotatable bonds is 7. The van der Waals surface area contributed by atoms with E-state index in [-0.39, 0.29) is 6.04 Å². The maximum atomic E-state index is 5.82. The van der Waals surface area contributed by atoms with E-state index in [1.807, 2.05) is 24.3 Å². The van der Waals surface area contributed by atoms with Gasteiger partial charge in [-0.1, -0.05) is 17.7 Å². The number of nitrogens with two attached hydrogens (primary N) is 1. The highest BCUT2D eigenvalue weighted by molar-refractivity contribution is 7.09. The third-order valence-corrected chi connectivity index (χ3v) is 4.01. The average molecular weight is 297 g/mol. The Morgan fingerprint density at radius 2 is 2.05 bits per heavy atom. The molecule has 0 fully saturated rings. The lowest BCUT2D eigenvalue weighted by molar-refractivity contribution is 0.258. The van der Waals surface area contributed by atoms with E-state index >= 15 is 0 Å². The molecular weight excluding hydrogens is 280 g/mol. The molecule has 3 nitrogen and oxygen atoms in total. The fraction of sp³-hybridized carbons (Fsp3) is 0.286. The third kappa shape index (κ3) is 4.84. The largest absolute Gasteiger partial charge is 0.492 e. The van der Waals surface area contributed by atoms with Gasteiger partial charge in [-0.05, 0) is 48.6 Å². The van der Waals surface area contributed by atoms with E-state index in [1.165, 1.54) is 4.88 Å². The smallest absolute Gasteiger partial charge is 0.119 e. The van der Waals surface area contributed by atoms with E-state index in [0.717, 1.165) is 18.6 Å². The number of nitrogens with one attached hydrogen (secondary N) is 1. The first-order valence-electron chi connectivity index (χ1n) is 6.15. The highest BCUT2D eigenvalue weighted by Crippen LogP contribution is 2.16. The molecule has 0 aliphatic rings. The Balaban J connectivity index is 1.77. The van der Waals surface area contributed by atoms with Gasteiger partial charge in [0.2, 0.25) is 0 Å². The van der Waals surface area contributed by atoms with Crippen LogP contribution in [0.4, 0.5) is 0 Å². The molecule has 1 unspecified atom stereocenters. The van der Waals surface area contributed by atoms with Crippen LogP contribution in [-0.2, 0) is 6.42 Å². The van der Waals surface area contributed by atoms with Crippen molar-refractivity contribution >= 4 is 22.9 Å². The molecule has 5 heteroatoms. The van der Waals surface area contributed by atoms with Gasteiger partial charge in [-0.15, -0.1) is 11.3 Å². The Labute approximate surface area is 122 Å². The maximum absolute atomic E-state index is 5.82. The first kappa shape index (κ1) is 14.3. The molecule has 0 aliphatic heterocycles. The molecule has 1 aromatic carbocycles. The number of hydrazine groups is 1. The Morgan fingerprint density at radius 3 is 2.68 bits per heavy atom. The van der Waals surface area contributed by atoms with Gasteiger partial charge in [0.05, 0.1) is 6.04 Å². The van der Waals surface area contributed by atoms with Crippen LogP contribution in [0.5, 0.6) is 5.75 Å². The van der Waals surface area contributed by atoms with Gasteiger partial charge in [0.25, 0.3) is 0 Å². The van der Waals surface area contributed by atoms with Crippen molar-refractivity contribution in [2.24, 2.45) is 5.84 Å². The summed E-state index contributed by atoms with van der Waals surface area (Å²) in [4.78, 5) is 1.37. The van der Waals surface area contributed by atoms with Gasteiger partial charge in [-0.2, -0.15) is 0 Å². The zero-order valence-electron chi connectivity index (χ0n) is 10.5. The Morgan fingerprint density at radius 1 is 1.26 bits per heavy atom. The van der Waals surface area contributed by atoms with E-state index in [4.69, 9.17) is 22.2 Å². The number of hydrogen-bond donors (Lipinski definition) is 2. The summed E-state index contributed by atoms with van der Waals surface area (Å²) in [5.74, 6) is 6.36. The minimum Gasteiger partial charge on any atom is -0.492 e. The number of benzene rings is 1. The normalized spacial score (nSPS) is 12.3. The summed E-state index contributed by atoms with van der Waals surface area (Å²) in [5, 5.41) is 2.79. The van der Waals surface area contributed by atoms with E-state index in [2.05, 4.69) is 22.9 Å². The zero-order chi connectivity index (χ0) is 13.5. The standard InChI is InChI=1S/C14H17ClN2OS/c15-11-3-6-13(7-4-11)18-10-12(17-16)5-8-14-2-1-9-19-14/h1-4,6-7,9,12,17H,5,8,10,16H2. The van der Waals surface area contributed by atoms with Gasteiger partial charge in [0.1, 0.15) is 12.4 Å². The fourth-order valence-electron chi connectivity index (χ4n) is 1.71. The Hall–Kier alpha value is -1.07. The summed E-state index contributed by atoms with van der Waals surface area (Å²) in [5.41, 5.74) is 2.80. The summed E-state index contributed by atoms with van der Waals surface area (Å²) in [6.45, 7) is 0.545. The zero-order valence-corrected chi connectivity index (χ0v) is 12.1. The van der Waals surface area contributed by atoms with Gasteiger partial charge in [-0.25, -0.2) is 0 Å². The molecule has 0 saturated carbocycles. The molecule has 0 aliphatic carbocycles. The van der Waals surface area contributed by atoms with Crippen LogP contribution in [0.25, 0.3) is 0 Å². The van der Waals surface area contributed by atoms with Crippen LogP contribution in [0.2, 0.25) is 5.02 Å². The van der Waals surface area contributed by atoms with Gasteiger partial charge >= 0.3 is 0 Å². The highest BCUT2D eigenvalue weighted by Gasteiger charge is 2.08. The SMILES string of the molecule is NNC(CCc1cccs1)COc1ccc(Cl)cc1. The van der Waals surface area contributed by atoms with Crippen LogP contribution in [0.15, 0.2) is 41.8 Å². The van der Waals surface area contributed by atoms with Crippen LogP contribution in [0.1, 0.15) is 11.3 Å². The molecule has 0 spiro atoms. The first-order valence-corrected chi connectivity index (χ1v) is 7.40. The Bertz CT molecular complexity index is 473. The summed E-state index contributed by atoms with van der Waals surface area (Å²) in [7, 11) is 0. The van der Waals surface area contributed by atoms with Crippen LogP contribution in [-0.4, -0.2) is 12.6 Å². The molecule has 0 amide bonds. The molecule has 2 rings (SSSR count). The molecule has 0 saturated heterocycles. The van der Waals surface area contributed by atoms with Crippen molar-refractivity contribution in [2.75, 3.05) is 6.61 Å². The lowest BCUT2D eigenvalue weighted by atomic mass is 10.1. The fourth-order valence-corrected chi connectivity index (χ4v) is 2.56. The summed E-state index contributed by atoms with van der Waals surface area (Å²) < 4.78 is 5.69. The van der Waals surface area contributed by atoms with Gasteiger partial charge in [0, 0.05) is 9.90 Å². The minimum absolute atomic E-state index is 0.137. The molecule has 0 radical (unpaired) electrons. The predicted molar refractivity (Wildman–Crippen MR) is 80.7 cm³/mol. The summed E-state index contributed by atoms with van der Waals surface area (Å²) in [6, 6.07) is 11.7. The number of ether oxygens (including phenoxy) is 1. The van der Waals surface area contributed by atoms with Crippen molar-refractivity contribution in [3.8, 4) is 5.75 Å². The van der Waals surface area contributed by atoms with Crippen molar-refractivity contribution in [1.29, 1.82) is 0 Å². The van der Waals surface area contributed by atoms with E-state index < -0.39 is 0 Å². The summed E-state index contributed by atoms with van der Waals surface area (Å²) in [6.07, 6.45) is 1.96. The monoisotopic (exact) mass is 296 g/mol. The molecule has 102 valence electrons. The Kier molecular flexibility index (Phi) is 5.66. The van der Waals surface area contributed by atoms with Gasteiger partial charge in [-0.3, -0.25) is 11.3 Å². The third-order valence-electron chi connectivity index (χ3n) is 2.82. The van der Waals surface area contributed by atoms with Gasteiger partial charge in [0.15, 0.2) is 0 Å². The van der Waals surface area contributed by atoms with Crippen LogP contribution < -0.4 is 16.0 Å².